The zero-order valence-electron chi connectivity index (χ0n) is 18.9. The molecule has 2 atom stereocenters. The number of carbonyl (C=O) groups excluding carboxylic acids is 2. The number of carbonyl (C=O) groups is 2. The standard InChI is InChI=1S/C21H27ClIN7O3/c1-24-18(31)12-33-17-10-13-9-14(5-6-16(13)30(4)20(17)32)26-19-15(22)11-25-21(27-19)28(2)7-8-29(3)23/h5-6,9-11,13,16H,7-8,12H2,1-4H3,(H,24,31)(H,25,26,27). The Morgan fingerprint density at radius 1 is 1.33 bits per heavy atom. The van der Waals surface area contributed by atoms with E-state index in [9.17, 15) is 9.59 Å². The predicted octanol–water partition coefficient (Wildman–Crippen LogP) is 1.82. The van der Waals surface area contributed by atoms with Crippen LogP contribution in [0.15, 0.2) is 42.0 Å². The Bertz CT molecular complexity index is 998. The number of rotatable bonds is 9. The van der Waals surface area contributed by atoms with Crippen LogP contribution < -0.4 is 15.5 Å². The third-order valence-corrected chi connectivity index (χ3v) is 6.04. The molecule has 2 amide bonds. The van der Waals surface area contributed by atoms with E-state index in [1.54, 1.807) is 24.2 Å². The molecule has 178 valence electrons. The normalized spacial score (nSPS) is 19.6. The molecule has 1 aliphatic heterocycles. The molecule has 1 aromatic rings. The van der Waals surface area contributed by atoms with E-state index in [0.29, 0.717) is 16.8 Å². The van der Waals surface area contributed by atoms with E-state index in [1.807, 2.05) is 37.2 Å². The molecule has 1 aromatic heterocycles. The SMILES string of the molecule is CNC(=O)COC1=CC2C=C(Nc3nc(N(C)CCN(C)I)ncc3Cl)C=CC2N(C)C1=O. The number of hydrogen-bond donors (Lipinski definition) is 2. The van der Waals surface area contributed by atoms with Crippen molar-refractivity contribution in [3.63, 3.8) is 0 Å². The molecule has 10 nitrogen and oxygen atoms in total. The van der Waals surface area contributed by atoms with Gasteiger partial charge in [0.15, 0.2) is 18.2 Å². The Kier molecular flexibility index (Phi) is 8.54. The Morgan fingerprint density at radius 3 is 2.79 bits per heavy atom. The molecular weight excluding hydrogens is 561 g/mol. The lowest BCUT2D eigenvalue weighted by Crippen LogP contribution is -2.45. The van der Waals surface area contributed by atoms with Crippen molar-refractivity contribution in [1.82, 2.24) is 23.3 Å². The van der Waals surface area contributed by atoms with Crippen molar-refractivity contribution >= 4 is 58.0 Å². The average Bonchev–Trinajstić information content (AvgIpc) is 2.79. The Balaban J connectivity index is 1.77. The molecule has 0 spiro atoms. The van der Waals surface area contributed by atoms with Crippen molar-refractivity contribution in [3.05, 3.63) is 47.0 Å². The van der Waals surface area contributed by atoms with E-state index < -0.39 is 0 Å². The van der Waals surface area contributed by atoms with Gasteiger partial charge in [-0.1, -0.05) is 23.8 Å². The van der Waals surface area contributed by atoms with Crippen LogP contribution in [0.25, 0.3) is 0 Å². The minimum absolute atomic E-state index is 0.137. The van der Waals surface area contributed by atoms with E-state index in [4.69, 9.17) is 16.3 Å². The van der Waals surface area contributed by atoms with Gasteiger partial charge < -0.3 is 25.2 Å². The van der Waals surface area contributed by atoms with Gasteiger partial charge in [0.1, 0.15) is 5.02 Å². The summed E-state index contributed by atoms with van der Waals surface area (Å²) in [5, 5.41) is 6.13. The molecule has 0 fully saturated rings. The van der Waals surface area contributed by atoms with Crippen LogP contribution in [0.2, 0.25) is 5.02 Å². The van der Waals surface area contributed by atoms with Crippen molar-refractivity contribution in [2.75, 3.05) is 58.1 Å². The van der Waals surface area contributed by atoms with Crippen molar-refractivity contribution in [1.29, 1.82) is 0 Å². The summed E-state index contributed by atoms with van der Waals surface area (Å²) in [6.07, 6.45) is 9.12. The number of aromatic nitrogens is 2. The molecule has 12 heteroatoms. The molecule has 0 saturated heterocycles. The number of nitrogens with one attached hydrogen (secondary N) is 2. The van der Waals surface area contributed by atoms with Gasteiger partial charge in [0.2, 0.25) is 5.95 Å². The second kappa shape index (κ2) is 11.2. The van der Waals surface area contributed by atoms with Crippen molar-refractivity contribution < 1.29 is 14.3 Å². The van der Waals surface area contributed by atoms with Gasteiger partial charge in [-0.15, -0.1) is 0 Å². The summed E-state index contributed by atoms with van der Waals surface area (Å²) < 4.78 is 7.51. The average molecular weight is 588 g/mol. The molecule has 0 aromatic carbocycles. The number of fused-ring (bicyclic) bond motifs is 1. The topological polar surface area (TPSA) is 103 Å². The van der Waals surface area contributed by atoms with Crippen LogP contribution in [-0.2, 0) is 14.3 Å². The van der Waals surface area contributed by atoms with E-state index in [1.165, 1.54) is 7.05 Å². The first kappa shape index (κ1) is 25.2. The van der Waals surface area contributed by atoms with Gasteiger partial charge in [-0.2, -0.15) is 4.98 Å². The third-order valence-electron chi connectivity index (χ3n) is 5.28. The minimum atomic E-state index is -0.306. The largest absolute Gasteiger partial charge is 0.478 e. The fourth-order valence-electron chi connectivity index (χ4n) is 3.34. The maximum atomic E-state index is 12.6. The zero-order chi connectivity index (χ0) is 24.1. The predicted molar refractivity (Wildman–Crippen MR) is 136 cm³/mol. The molecule has 0 saturated carbocycles. The quantitative estimate of drug-likeness (QED) is 0.333. The van der Waals surface area contributed by atoms with Crippen LogP contribution in [-0.4, -0.2) is 83.7 Å². The minimum Gasteiger partial charge on any atom is -0.478 e. The van der Waals surface area contributed by atoms with E-state index >= 15 is 0 Å². The zero-order valence-corrected chi connectivity index (χ0v) is 21.8. The van der Waals surface area contributed by atoms with E-state index in [-0.39, 0.29) is 36.1 Å². The first-order valence-corrected chi connectivity index (χ1v) is 11.6. The lowest BCUT2D eigenvalue weighted by molar-refractivity contribution is -0.134. The molecule has 33 heavy (non-hydrogen) atoms. The maximum Gasteiger partial charge on any atom is 0.288 e. The fraction of sp³-hybridized carbons (Fsp3) is 0.429. The molecule has 3 rings (SSSR count). The van der Waals surface area contributed by atoms with Gasteiger partial charge in [0.05, 0.1) is 12.2 Å². The van der Waals surface area contributed by atoms with E-state index in [0.717, 1.165) is 18.8 Å². The summed E-state index contributed by atoms with van der Waals surface area (Å²) in [5.41, 5.74) is 0.780. The fourth-order valence-corrected chi connectivity index (χ4v) is 3.70. The van der Waals surface area contributed by atoms with E-state index in [2.05, 4.69) is 46.6 Å². The summed E-state index contributed by atoms with van der Waals surface area (Å²) in [4.78, 5) is 36.6. The number of halogens is 2. The third kappa shape index (κ3) is 6.36. The lowest BCUT2D eigenvalue weighted by atomic mass is 9.89. The molecule has 0 radical (unpaired) electrons. The van der Waals surface area contributed by atoms with Gasteiger partial charge in [-0.05, 0) is 19.2 Å². The smallest absolute Gasteiger partial charge is 0.288 e. The van der Waals surface area contributed by atoms with Gasteiger partial charge in [-0.3, -0.25) is 9.59 Å². The van der Waals surface area contributed by atoms with Crippen molar-refractivity contribution in [3.8, 4) is 0 Å². The molecule has 2 N–H and O–H groups in total. The summed E-state index contributed by atoms with van der Waals surface area (Å²) in [7, 11) is 7.15. The second-order valence-electron chi connectivity index (χ2n) is 7.70. The number of hydrogen-bond acceptors (Lipinski definition) is 8. The summed E-state index contributed by atoms with van der Waals surface area (Å²) in [6.45, 7) is 1.40. The first-order valence-electron chi connectivity index (χ1n) is 10.3. The van der Waals surface area contributed by atoms with Crippen LogP contribution in [0.1, 0.15) is 0 Å². The summed E-state index contributed by atoms with van der Waals surface area (Å²) in [5.74, 6) is 0.494. The maximum absolute atomic E-state index is 12.6. The van der Waals surface area contributed by atoms with Gasteiger partial charge in [0.25, 0.3) is 11.8 Å². The number of nitrogens with zero attached hydrogens (tertiary/aromatic N) is 5. The lowest BCUT2D eigenvalue weighted by Gasteiger charge is -2.36. The van der Waals surface area contributed by atoms with Gasteiger partial charge in [0, 0.05) is 68.7 Å². The Labute approximate surface area is 212 Å². The van der Waals surface area contributed by atoms with Crippen LogP contribution in [0.4, 0.5) is 11.8 Å². The number of ether oxygens (including phenoxy) is 1. The number of amides is 2. The Morgan fingerprint density at radius 2 is 2.09 bits per heavy atom. The van der Waals surface area contributed by atoms with Gasteiger partial charge >= 0.3 is 0 Å². The Hall–Kier alpha value is -2.38. The highest BCUT2D eigenvalue weighted by atomic mass is 127. The van der Waals surface area contributed by atoms with Gasteiger partial charge in [-0.25, -0.2) is 8.10 Å². The summed E-state index contributed by atoms with van der Waals surface area (Å²) in [6, 6.07) is -0.150. The van der Waals surface area contributed by atoms with Crippen LogP contribution in [0.3, 0.4) is 0 Å². The highest BCUT2D eigenvalue weighted by Crippen LogP contribution is 2.30. The highest BCUT2D eigenvalue weighted by molar-refractivity contribution is 14.1. The molecule has 2 heterocycles. The first-order chi connectivity index (χ1) is 15.7. The van der Waals surface area contributed by atoms with Crippen molar-refractivity contribution in [2.24, 2.45) is 5.92 Å². The molecule has 2 aliphatic rings. The van der Waals surface area contributed by atoms with Crippen molar-refractivity contribution in [2.45, 2.75) is 6.04 Å². The molecule has 0 bridgehead atoms. The number of allylic oxidation sites excluding steroid dienone is 1. The molecular formula is C21H27ClIN7O3. The summed E-state index contributed by atoms with van der Waals surface area (Å²) >= 11 is 8.58. The van der Waals surface area contributed by atoms with Crippen LogP contribution in [0, 0.1) is 5.92 Å². The van der Waals surface area contributed by atoms with Crippen LogP contribution in [0.5, 0.6) is 0 Å². The second-order valence-corrected chi connectivity index (χ2v) is 9.75. The number of anilines is 2. The number of likely N-dealkylation sites (N-methyl/N-ethyl adjacent to an activating group) is 4. The van der Waals surface area contributed by atoms with Crippen LogP contribution >= 0.6 is 34.5 Å². The molecule has 2 unspecified atom stereocenters. The monoisotopic (exact) mass is 587 g/mol. The highest BCUT2D eigenvalue weighted by Gasteiger charge is 2.34. The molecule has 1 aliphatic carbocycles.